The van der Waals surface area contributed by atoms with Crippen LogP contribution in [0.15, 0.2) is 79.1 Å². The first-order valence-corrected chi connectivity index (χ1v) is 11.6. The van der Waals surface area contributed by atoms with E-state index in [1.807, 2.05) is 17.8 Å². The van der Waals surface area contributed by atoms with E-state index in [1.54, 1.807) is 48.7 Å². The lowest BCUT2D eigenvalue weighted by Gasteiger charge is -2.12. The first-order chi connectivity index (χ1) is 17.5. The number of hydrogen-bond donors (Lipinski definition) is 1. The number of nitrogens with zero attached hydrogens (tertiary/aromatic N) is 4. The van der Waals surface area contributed by atoms with Crippen molar-refractivity contribution in [1.82, 2.24) is 24.8 Å². The van der Waals surface area contributed by atoms with E-state index in [1.165, 1.54) is 24.3 Å². The number of hydrogen-bond acceptors (Lipinski definition) is 4. The zero-order chi connectivity index (χ0) is 25.1. The molecule has 0 bridgehead atoms. The van der Waals surface area contributed by atoms with Crippen LogP contribution < -0.4 is 5.32 Å². The van der Waals surface area contributed by atoms with Gasteiger partial charge in [-0.3, -0.25) is 4.79 Å². The van der Waals surface area contributed by atoms with Gasteiger partial charge in [0.05, 0.1) is 22.4 Å². The van der Waals surface area contributed by atoms with Crippen LogP contribution in [-0.4, -0.2) is 32.0 Å². The molecule has 8 heteroatoms. The zero-order valence-electron chi connectivity index (χ0n) is 19.6. The van der Waals surface area contributed by atoms with Gasteiger partial charge in [-0.1, -0.05) is 0 Å². The summed E-state index contributed by atoms with van der Waals surface area (Å²) in [7, 11) is 1.94. The Labute approximate surface area is 206 Å². The molecule has 3 aromatic carbocycles. The summed E-state index contributed by atoms with van der Waals surface area (Å²) in [5, 5.41) is 2.94. The molecule has 5 aromatic rings. The fourth-order valence-corrected chi connectivity index (χ4v) is 4.00. The molecule has 0 saturated carbocycles. The van der Waals surface area contributed by atoms with E-state index in [2.05, 4.69) is 10.3 Å². The van der Waals surface area contributed by atoms with Gasteiger partial charge in [-0.15, -0.1) is 0 Å². The molecular weight excluding hydrogens is 460 g/mol. The standard InChI is InChI=1S/C28H23F2N5O/c1-35-16-15-31-25(35)3-2-14-32-28(36)20-8-13-23-24(17-20)34-27(19-6-11-22(30)12-7-19)26(33-23)18-4-9-21(29)10-5-18/h4-13,15-17H,2-3,14H2,1H3,(H,32,36). The van der Waals surface area contributed by atoms with E-state index >= 15 is 0 Å². The van der Waals surface area contributed by atoms with E-state index in [0.29, 0.717) is 45.7 Å². The fraction of sp³-hybridized carbons (Fsp3) is 0.143. The van der Waals surface area contributed by atoms with Crippen LogP contribution in [-0.2, 0) is 13.5 Å². The monoisotopic (exact) mass is 483 g/mol. The molecule has 0 spiro atoms. The summed E-state index contributed by atoms with van der Waals surface area (Å²) >= 11 is 0. The minimum atomic E-state index is -0.363. The van der Waals surface area contributed by atoms with Gasteiger partial charge in [0.1, 0.15) is 17.5 Å². The lowest BCUT2D eigenvalue weighted by Crippen LogP contribution is -2.25. The maximum absolute atomic E-state index is 13.6. The van der Waals surface area contributed by atoms with Crippen LogP contribution in [0.4, 0.5) is 8.78 Å². The van der Waals surface area contributed by atoms with Crippen LogP contribution in [0, 0.1) is 11.6 Å². The quantitative estimate of drug-likeness (QED) is 0.317. The van der Waals surface area contributed by atoms with Crippen molar-refractivity contribution in [2.75, 3.05) is 6.54 Å². The smallest absolute Gasteiger partial charge is 0.251 e. The van der Waals surface area contributed by atoms with Crippen molar-refractivity contribution in [1.29, 1.82) is 0 Å². The van der Waals surface area contributed by atoms with Crippen molar-refractivity contribution in [3.63, 3.8) is 0 Å². The van der Waals surface area contributed by atoms with Crippen molar-refractivity contribution in [3.05, 3.63) is 102 Å². The molecule has 0 aliphatic heterocycles. The third-order valence-corrected chi connectivity index (χ3v) is 5.95. The summed E-state index contributed by atoms with van der Waals surface area (Å²) in [6.07, 6.45) is 5.18. The summed E-state index contributed by atoms with van der Waals surface area (Å²) in [4.78, 5) is 26.6. The largest absolute Gasteiger partial charge is 0.352 e. The van der Waals surface area contributed by atoms with Crippen LogP contribution in [0.5, 0.6) is 0 Å². The van der Waals surface area contributed by atoms with Gasteiger partial charge in [0, 0.05) is 49.1 Å². The van der Waals surface area contributed by atoms with Gasteiger partial charge in [0.15, 0.2) is 0 Å². The van der Waals surface area contributed by atoms with E-state index in [9.17, 15) is 13.6 Å². The van der Waals surface area contributed by atoms with Crippen LogP contribution in [0.2, 0.25) is 0 Å². The Morgan fingerprint density at radius 1 is 0.861 bits per heavy atom. The highest BCUT2D eigenvalue weighted by atomic mass is 19.1. The van der Waals surface area contributed by atoms with Gasteiger partial charge in [-0.05, 0) is 73.2 Å². The molecule has 1 N–H and O–H groups in total. The third-order valence-electron chi connectivity index (χ3n) is 5.95. The topological polar surface area (TPSA) is 72.7 Å². The Hall–Kier alpha value is -4.46. The van der Waals surface area contributed by atoms with Crippen molar-refractivity contribution < 1.29 is 13.6 Å². The van der Waals surface area contributed by atoms with Crippen LogP contribution in [0.1, 0.15) is 22.6 Å². The molecule has 0 atom stereocenters. The third kappa shape index (κ3) is 4.98. The van der Waals surface area contributed by atoms with Crippen molar-refractivity contribution in [2.45, 2.75) is 12.8 Å². The van der Waals surface area contributed by atoms with Gasteiger partial charge in [-0.2, -0.15) is 0 Å². The molecule has 0 aliphatic rings. The number of aryl methyl sites for hydroxylation is 2. The average Bonchev–Trinajstić information content (AvgIpc) is 3.30. The Bertz CT molecular complexity index is 1530. The molecule has 6 nitrogen and oxygen atoms in total. The highest BCUT2D eigenvalue weighted by molar-refractivity contribution is 5.98. The maximum atomic E-state index is 13.6. The molecule has 36 heavy (non-hydrogen) atoms. The number of nitrogens with one attached hydrogen (secondary N) is 1. The fourth-order valence-electron chi connectivity index (χ4n) is 4.00. The summed E-state index contributed by atoms with van der Waals surface area (Å²) in [6.45, 7) is 0.514. The second-order valence-electron chi connectivity index (χ2n) is 8.45. The predicted octanol–water partition coefficient (Wildman–Crippen LogP) is 5.34. The van der Waals surface area contributed by atoms with E-state index in [-0.39, 0.29) is 17.5 Å². The minimum Gasteiger partial charge on any atom is -0.352 e. The summed E-state index contributed by atoms with van der Waals surface area (Å²) in [5.41, 5.74) is 3.98. The van der Waals surface area contributed by atoms with Gasteiger partial charge in [0.2, 0.25) is 0 Å². The highest BCUT2D eigenvalue weighted by Gasteiger charge is 2.15. The summed E-state index contributed by atoms with van der Waals surface area (Å²) < 4.78 is 29.1. The number of carbonyl (C=O) groups excluding carboxylic acids is 1. The second kappa shape index (κ2) is 10.0. The van der Waals surface area contributed by atoms with Crippen LogP contribution in [0.3, 0.4) is 0 Å². The maximum Gasteiger partial charge on any atom is 0.251 e. The second-order valence-corrected chi connectivity index (χ2v) is 8.45. The number of aromatic nitrogens is 4. The Morgan fingerprint density at radius 2 is 1.47 bits per heavy atom. The predicted molar refractivity (Wildman–Crippen MR) is 134 cm³/mol. The molecule has 0 fully saturated rings. The Balaban J connectivity index is 1.43. The molecule has 0 unspecified atom stereocenters. The summed E-state index contributed by atoms with van der Waals surface area (Å²) in [5.74, 6) is 0.0455. The van der Waals surface area contributed by atoms with Crippen LogP contribution >= 0.6 is 0 Å². The van der Waals surface area contributed by atoms with Crippen molar-refractivity contribution in [2.24, 2.45) is 7.05 Å². The van der Waals surface area contributed by atoms with Gasteiger partial charge >= 0.3 is 0 Å². The van der Waals surface area contributed by atoms with Gasteiger partial charge < -0.3 is 9.88 Å². The molecule has 5 rings (SSSR count). The number of fused-ring (bicyclic) bond motifs is 1. The molecule has 0 saturated heterocycles. The molecule has 0 aliphatic carbocycles. The lowest BCUT2D eigenvalue weighted by molar-refractivity contribution is 0.0953. The number of amides is 1. The van der Waals surface area contributed by atoms with Gasteiger partial charge in [0.25, 0.3) is 5.91 Å². The van der Waals surface area contributed by atoms with Crippen LogP contribution in [0.25, 0.3) is 33.5 Å². The number of imidazole rings is 1. The highest BCUT2D eigenvalue weighted by Crippen LogP contribution is 2.31. The summed E-state index contributed by atoms with van der Waals surface area (Å²) in [6, 6.07) is 17.1. The number of rotatable bonds is 7. The SMILES string of the molecule is Cn1ccnc1CCCNC(=O)c1ccc2nc(-c3ccc(F)cc3)c(-c3ccc(F)cc3)nc2c1. The number of benzene rings is 3. The average molecular weight is 484 g/mol. The molecule has 180 valence electrons. The van der Waals surface area contributed by atoms with E-state index in [4.69, 9.17) is 9.97 Å². The van der Waals surface area contributed by atoms with Crippen molar-refractivity contribution in [3.8, 4) is 22.5 Å². The normalized spacial score (nSPS) is 11.1. The first kappa shape index (κ1) is 23.3. The minimum absolute atomic E-state index is 0.204. The molecule has 2 heterocycles. The molecular formula is C28H23F2N5O. The number of halogens is 2. The Kier molecular flexibility index (Phi) is 6.49. The first-order valence-electron chi connectivity index (χ1n) is 11.6. The molecule has 2 aromatic heterocycles. The van der Waals surface area contributed by atoms with Crippen molar-refractivity contribution >= 4 is 16.9 Å². The van der Waals surface area contributed by atoms with E-state index < -0.39 is 0 Å². The van der Waals surface area contributed by atoms with E-state index in [0.717, 1.165) is 18.7 Å². The Morgan fingerprint density at radius 3 is 2.06 bits per heavy atom. The molecule has 0 radical (unpaired) electrons. The zero-order valence-corrected chi connectivity index (χ0v) is 19.6. The van der Waals surface area contributed by atoms with Gasteiger partial charge in [-0.25, -0.2) is 23.7 Å². The lowest BCUT2D eigenvalue weighted by atomic mass is 10.0. The number of carbonyl (C=O) groups is 1. The molecule has 1 amide bonds.